The molecule has 0 heterocycles. The Morgan fingerprint density at radius 1 is 1.67 bits per heavy atom. The van der Waals surface area contributed by atoms with Gasteiger partial charge in [-0.05, 0) is 19.4 Å². The van der Waals surface area contributed by atoms with Crippen LogP contribution in [-0.2, 0) is 4.74 Å². The number of aliphatic hydroxyl groups excluding tert-OH is 1. The summed E-state index contributed by atoms with van der Waals surface area (Å²) in [5.74, 6) is 0. The van der Waals surface area contributed by atoms with E-state index in [2.05, 4.69) is 11.9 Å². The molecule has 1 unspecified atom stereocenters. The van der Waals surface area contributed by atoms with E-state index in [-0.39, 0.29) is 0 Å². The summed E-state index contributed by atoms with van der Waals surface area (Å²) in [5.41, 5.74) is 0. The number of aliphatic hydroxyl groups is 1. The SMILES string of the molecule is C=CCCCNCC(O)COC. The topological polar surface area (TPSA) is 41.5 Å². The number of rotatable bonds is 8. The minimum atomic E-state index is -0.390. The average molecular weight is 173 g/mol. The zero-order chi connectivity index (χ0) is 9.23. The normalized spacial score (nSPS) is 12.8. The van der Waals surface area contributed by atoms with Crippen LogP contribution in [-0.4, -0.2) is 38.0 Å². The van der Waals surface area contributed by atoms with Gasteiger partial charge in [0, 0.05) is 13.7 Å². The molecule has 3 nitrogen and oxygen atoms in total. The van der Waals surface area contributed by atoms with Crippen LogP contribution in [0.2, 0.25) is 0 Å². The Balaban J connectivity index is 3.02. The highest BCUT2D eigenvalue weighted by atomic mass is 16.5. The molecule has 0 radical (unpaired) electrons. The predicted octanol–water partition coefficient (Wildman–Crippen LogP) is 0.549. The molecule has 0 amide bonds. The van der Waals surface area contributed by atoms with Gasteiger partial charge in [0.2, 0.25) is 0 Å². The summed E-state index contributed by atoms with van der Waals surface area (Å²) in [4.78, 5) is 0. The Morgan fingerprint density at radius 3 is 3.00 bits per heavy atom. The van der Waals surface area contributed by atoms with E-state index in [4.69, 9.17) is 4.74 Å². The van der Waals surface area contributed by atoms with E-state index >= 15 is 0 Å². The second-order valence-electron chi connectivity index (χ2n) is 2.74. The minimum absolute atomic E-state index is 0.390. The van der Waals surface area contributed by atoms with Gasteiger partial charge < -0.3 is 15.2 Å². The Morgan fingerprint density at radius 2 is 2.42 bits per heavy atom. The van der Waals surface area contributed by atoms with Gasteiger partial charge in [-0.25, -0.2) is 0 Å². The summed E-state index contributed by atoms with van der Waals surface area (Å²) in [6.45, 7) is 5.55. The van der Waals surface area contributed by atoms with Gasteiger partial charge in [0.05, 0.1) is 12.7 Å². The summed E-state index contributed by atoms with van der Waals surface area (Å²) in [7, 11) is 1.58. The van der Waals surface area contributed by atoms with Crippen LogP contribution in [0.15, 0.2) is 12.7 Å². The quantitative estimate of drug-likeness (QED) is 0.416. The molecule has 0 rings (SSSR count). The van der Waals surface area contributed by atoms with Gasteiger partial charge in [-0.1, -0.05) is 6.08 Å². The summed E-state index contributed by atoms with van der Waals surface area (Å²) >= 11 is 0. The Kier molecular flexibility index (Phi) is 8.44. The van der Waals surface area contributed by atoms with E-state index in [1.54, 1.807) is 7.11 Å². The largest absolute Gasteiger partial charge is 0.389 e. The lowest BCUT2D eigenvalue weighted by atomic mass is 10.3. The number of methoxy groups -OCH3 is 1. The van der Waals surface area contributed by atoms with Crippen molar-refractivity contribution >= 4 is 0 Å². The average Bonchev–Trinajstić information content (AvgIpc) is 2.05. The van der Waals surface area contributed by atoms with Crippen LogP contribution in [0, 0.1) is 0 Å². The zero-order valence-electron chi connectivity index (χ0n) is 7.75. The summed E-state index contributed by atoms with van der Waals surface area (Å²) < 4.78 is 4.78. The van der Waals surface area contributed by atoms with Crippen molar-refractivity contribution in [2.45, 2.75) is 18.9 Å². The number of hydrogen-bond acceptors (Lipinski definition) is 3. The smallest absolute Gasteiger partial charge is 0.0897 e. The van der Waals surface area contributed by atoms with Crippen LogP contribution in [0.25, 0.3) is 0 Å². The van der Waals surface area contributed by atoms with Crippen molar-refractivity contribution in [3.05, 3.63) is 12.7 Å². The maximum atomic E-state index is 9.20. The second-order valence-corrected chi connectivity index (χ2v) is 2.74. The van der Waals surface area contributed by atoms with Crippen LogP contribution in [0.3, 0.4) is 0 Å². The number of nitrogens with one attached hydrogen (secondary N) is 1. The maximum Gasteiger partial charge on any atom is 0.0897 e. The molecule has 3 heteroatoms. The van der Waals surface area contributed by atoms with E-state index in [1.165, 1.54) is 0 Å². The highest BCUT2D eigenvalue weighted by molar-refractivity contribution is 4.67. The Labute approximate surface area is 74.4 Å². The van der Waals surface area contributed by atoms with Crippen molar-refractivity contribution in [3.8, 4) is 0 Å². The molecule has 12 heavy (non-hydrogen) atoms. The lowest BCUT2D eigenvalue weighted by Crippen LogP contribution is -2.30. The van der Waals surface area contributed by atoms with E-state index in [1.807, 2.05) is 6.08 Å². The molecule has 2 N–H and O–H groups in total. The first-order valence-corrected chi connectivity index (χ1v) is 4.30. The monoisotopic (exact) mass is 173 g/mol. The first-order valence-electron chi connectivity index (χ1n) is 4.30. The second kappa shape index (κ2) is 8.71. The highest BCUT2D eigenvalue weighted by Crippen LogP contribution is 1.87. The molecular weight excluding hydrogens is 154 g/mol. The van der Waals surface area contributed by atoms with Crippen LogP contribution in [0.5, 0.6) is 0 Å². The Hall–Kier alpha value is -0.380. The van der Waals surface area contributed by atoms with E-state index in [0.29, 0.717) is 13.2 Å². The summed E-state index contributed by atoms with van der Waals surface area (Å²) in [6, 6.07) is 0. The molecule has 0 spiro atoms. The van der Waals surface area contributed by atoms with Gasteiger partial charge in [-0.15, -0.1) is 6.58 Å². The van der Waals surface area contributed by atoms with Crippen molar-refractivity contribution < 1.29 is 9.84 Å². The van der Waals surface area contributed by atoms with E-state index in [0.717, 1.165) is 19.4 Å². The van der Waals surface area contributed by atoms with Crippen molar-refractivity contribution in [3.63, 3.8) is 0 Å². The molecule has 0 aliphatic rings. The van der Waals surface area contributed by atoms with Crippen molar-refractivity contribution in [1.82, 2.24) is 5.32 Å². The molecule has 1 atom stereocenters. The highest BCUT2D eigenvalue weighted by Gasteiger charge is 2.00. The first kappa shape index (κ1) is 11.6. The fourth-order valence-corrected chi connectivity index (χ4v) is 0.891. The van der Waals surface area contributed by atoms with Gasteiger partial charge in [0.25, 0.3) is 0 Å². The maximum absolute atomic E-state index is 9.20. The third-order valence-electron chi connectivity index (χ3n) is 1.50. The third kappa shape index (κ3) is 7.72. The fourth-order valence-electron chi connectivity index (χ4n) is 0.891. The third-order valence-corrected chi connectivity index (χ3v) is 1.50. The van der Waals surface area contributed by atoms with E-state index in [9.17, 15) is 5.11 Å². The number of ether oxygens (including phenoxy) is 1. The molecule has 0 saturated carbocycles. The van der Waals surface area contributed by atoms with Gasteiger partial charge >= 0.3 is 0 Å². The summed E-state index contributed by atoms with van der Waals surface area (Å²) in [5, 5.41) is 12.3. The lowest BCUT2D eigenvalue weighted by molar-refractivity contribution is 0.0647. The van der Waals surface area contributed by atoms with Gasteiger partial charge in [-0.2, -0.15) is 0 Å². The minimum Gasteiger partial charge on any atom is -0.389 e. The molecule has 0 aromatic rings. The van der Waals surface area contributed by atoms with Crippen molar-refractivity contribution in [2.24, 2.45) is 0 Å². The van der Waals surface area contributed by atoms with Gasteiger partial charge in [0.1, 0.15) is 0 Å². The van der Waals surface area contributed by atoms with Crippen molar-refractivity contribution in [1.29, 1.82) is 0 Å². The van der Waals surface area contributed by atoms with Crippen molar-refractivity contribution in [2.75, 3.05) is 26.8 Å². The van der Waals surface area contributed by atoms with Crippen LogP contribution >= 0.6 is 0 Å². The van der Waals surface area contributed by atoms with Crippen LogP contribution in [0.1, 0.15) is 12.8 Å². The van der Waals surface area contributed by atoms with E-state index < -0.39 is 6.10 Å². The van der Waals surface area contributed by atoms with Gasteiger partial charge in [0.15, 0.2) is 0 Å². The van der Waals surface area contributed by atoms with Gasteiger partial charge in [-0.3, -0.25) is 0 Å². The lowest BCUT2D eigenvalue weighted by Gasteiger charge is -2.09. The molecule has 0 fully saturated rings. The molecule has 0 saturated heterocycles. The number of allylic oxidation sites excluding steroid dienone is 1. The molecule has 0 aliphatic heterocycles. The zero-order valence-corrected chi connectivity index (χ0v) is 7.75. The van der Waals surface area contributed by atoms with Crippen LogP contribution in [0.4, 0.5) is 0 Å². The molecular formula is C9H19NO2. The first-order chi connectivity index (χ1) is 5.81. The molecule has 72 valence electrons. The number of unbranched alkanes of at least 4 members (excludes halogenated alkanes) is 1. The number of hydrogen-bond donors (Lipinski definition) is 2. The fraction of sp³-hybridized carbons (Fsp3) is 0.778. The predicted molar refractivity (Wildman–Crippen MR) is 50.2 cm³/mol. The summed E-state index contributed by atoms with van der Waals surface area (Å²) in [6.07, 6.45) is 3.60. The molecule has 0 aliphatic carbocycles. The molecule has 0 bridgehead atoms. The molecule has 0 aromatic carbocycles. The Bertz CT molecular complexity index is 107. The van der Waals surface area contributed by atoms with Crippen LogP contribution < -0.4 is 5.32 Å². The molecule has 0 aromatic heterocycles. The standard InChI is InChI=1S/C9H19NO2/c1-3-4-5-6-10-7-9(11)8-12-2/h3,9-11H,1,4-8H2,2H3.